The van der Waals surface area contributed by atoms with Gasteiger partial charge in [-0.15, -0.1) is 12.4 Å². The van der Waals surface area contributed by atoms with Crippen LogP contribution in [-0.4, -0.2) is 20.5 Å². The fourth-order valence-electron chi connectivity index (χ4n) is 2.38. The first-order chi connectivity index (χ1) is 9.91. The lowest BCUT2D eigenvalue weighted by atomic mass is 9.92. The Morgan fingerprint density at radius 1 is 1.22 bits per heavy atom. The van der Waals surface area contributed by atoms with Gasteiger partial charge in [0, 0.05) is 12.1 Å². The topological polar surface area (TPSA) is 72.2 Å². The van der Waals surface area contributed by atoms with Crippen LogP contribution in [0.4, 0.5) is 13.2 Å². The van der Waals surface area contributed by atoms with Crippen molar-refractivity contribution in [2.75, 3.05) is 6.54 Å². The Balaban J connectivity index is 0.00000484. The zero-order valence-electron chi connectivity index (χ0n) is 13.1. The highest BCUT2D eigenvalue weighted by Gasteiger charge is 2.39. The van der Waals surface area contributed by atoms with Gasteiger partial charge in [-0.25, -0.2) is 13.1 Å². The molecule has 1 rings (SSSR count). The lowest BCUT2D eigenvalue weighted by Crippen LogP contribution is -2.52. The minimum Gasteiger partial charge on any atom is -0.329 e. The number of benzene rings is 1. The SMILES string of the molecule is CC(C)CC(C)(CN)NS(=O)(=O)c1ccccc1C(F)(F)F.Cl. The van der Waals surface area contributed by atoms with Gasteiger partial charge in [0.15, 0.2) is 0 Å². The minimum atomic E-state index is -4.75. The Labute approximate surface area is 141 Å². The second-order valence-electron chi connectivity index (χ2n) is 5.96. The lowest BCUT2D eigenvalue weighted by molar-refractivity contribution is -0.139. The molecule has 0 bridgehead atoms. The van der Waals surface area contributed by atoms with Crippen molar-refractivity contribution in [3.63, 3.8) is 0 Å². The second kappa shape index (κ2) is 7.83. The Kier molecular flexibility index (Phi) is 7.55. The molecule has 9 heteroatoms. The highest BCUT2D eigenvalue weighted by Crippen LogP contribution is 2.34. The summed E-state index contributed by atoms with van der Waals surface area (Å²) in [6, 6.07) is 4.10. The van der Waals surface area contributed by atoms with Gasteiger partial charge in [-0.1, -0.05) is 26.0 Å². The predicted octanol–water partition coefficient (Wildman–Crippen LogP) is 3.17. The van der Waals surface area contributed by atoms with Crippen LogP contribution in [0.15, 0.2) is 29.2 Å². The maximum atomic E-state index is 13.0. The zero-order chi connectivity index (χ0) is 17.2. The molecule has 1 unspecified atom stereocenters. The van der Waals surface area contributed by atoms with E-state index >= 15 is 0 Å². The Bertz CT molecular complexity index is 621. The van der Waals surface area contributed by atoms with E-state index in [1.165, 1.54) is 6.07 Å². The van der Waals surface area contributed by atoms with Crippen LogP contribution in [0.5, 0.6) is 0 Å². The lowest BCUT2D eigenvalue weighted by Gasteiger charge is -2.31. The summed E-state index contributed by atoms with van der Waals surface area (Å²) in [6.07, 6.45) is -4.33. The van der Waals surface area contributed by atoms with Crippen LogP contribution >= 0.6 is 12.4 Å². The van der Waals surface area contributed by atoms with Gasteiger partial charge in [-0.05, 0) is 31.4 Å². The van der Waals surface area contributed by atoms with E-state index in [4.69, 9.17) is 5.73 Å². The van der Waals surface area contributed by atoms with Crippen LogP contribution < -0.4 is 10.5 Å². The first-order valence-corrected chi connectivity index (χ1v) is 8.30. The maximum Gasteiger partial charge on any atom is 0.417 e. The summed E-state index contributed by atoms with van der Waals surface area (Å²) >= 11 is 0. The van der Waals surface area contributed by atoms with Gasteiger partial charge >= 0.3 is 6.18 Å². The normalized spacial score (nSPS) is 15.1. The van der Waals surface area contributed by atoms with Crippen LogP contribution in [0.3, 0.4) is 0 Å². The number of nitrogens with one attached hydrogen (secondary N) is 1. The molecule has 23 heavy (non-hydrogen) atoms. The number of sulfonamides is 1. The van der Waals surface area contributed by atoms with E-state index in [1.807, 2.05) is 13.8 Å². The number of halogens is 4. The van der Waals surface area contributed by atoms with Gasteiger partial charge in [0.1, 0.15) is 0 Å². The molecule has 0 spiro atoms. The van der Waals surface area contributed by atoms with Gasteiger partial charge in [-0.3, -0.25) is 0 Å². The zero-order valence-corrected chi connectivity index (χ0v) is 14.8. The molecule has 0 saturated carbocycles. The Morgan fingerprint density at radius 3 is 2.17 bits per heavy atom. The number of nitrogens with two attached hydrogens (primary N) is 1. The highest BCUT2D eigenvalue weighted by molar-refractivity contribution is 7.89. The molecule has 0 fully saturated rings. The predicted molar refractivity (Wildman–Crippen MR) is 85.9 cm³/mol. The minimum absolute atomic E-state index is 0. The monoisotopic (exact) mass is 374 g/mol. The summed E-state index contributed by atoms with van der Waals surface area (Å²) in [5.74, 6) is 0.133. The maximum absolute atomic E-state index is 13.0. The van der Waals surface area contributed by atoms with E-state index in [9.17, 15) is 21.6 Å². The quantitative estimate of drug-likeness (QED) is 0.803. The van der Waals surface area contributed by atoms with Crippen LogP contribution in [0.1, 0.15) is 32.8 Å². The molecule has 0 radical (unpaired) electrons. The van der Waals surface area contributed by atoms with Gasteiger partial charge in [-0.2, -0.15) is 13.2 Å². The van der Waals surface area contributed by atoms with Crippen LogP contribution in [0.2, 0.25) is 0 Å². The molecule has 0 amide bonds. The molecule has 0 aliphatic heterocycles. The van der Waals surface area contributed by atoms with E-state index in [1.54, 1.807) is 6.92 Å². The number of hydrogen-bond donors (Lipinski definition) is 2. The summed E-state index contributed by atoms with van der Waals surface area (Å²) in [5, 5.41) is 0. The van der Waals surface area contributed by atoms with Crippen molar-refractivity contribution in [2.24, 2.45) is 11.7 Å². The van der Waals surface area contributed by atoms with Crippen molar-refractivity contribution in [1.29, 1.82) is 0 Å². The number of rotatable bonds is 6. The Morgan fingerprint density at radius 2 is 1.74 bits per heavy atom. The molecule has 1 aromatic carbocycles. The third kappa shape index (κ3) is 5.95. The molecule has 4 nitrogen and oxygen atoms in total. The molecule has 3 N–H and O–H groups in total. The third-order valence-electron chi connectivity index (χ3n) is 3.17. The van der Waals surface area contributed by atoms with Crippen LogP contribution in [0, 0.1) is 5.92 Å². The van der Waals surface area contributed by atoms with Crippen LogP contribution in [0.25, 0.3) is 0 Å². The third-order valence-corrected chi connectivity index (χ3v) is 4.87. The van der Waals surface area contributed by atoms with Crippen molar-refractivity contribution in [3.05, 3.63) is 29.8 Å². The van der Waals surface area contributed by atoms with Crippen molar-refractivity contribution in [3.8, 4) is 0 Å². The van der Waals surface area contributed by atoms with E-state index in [0.29, 0.717) is 6.42 Å². The smallest absolute Gasteiger partial charge is 0.329 e. The average molecular weight is 375 g/mol. The molecule has 0 aliphatic rings. The van der Waals surface area contributed by atoms with Crippen molar-refractivity contribution >= 4 is 22.4 Å². The summed E-state index contributed by atoms with van der Waals surface area (Å²) in [4.78, 5) is -0.786. The summed E-state index contributed by atoms with van der Waals surface area (Å²) in [7, 11) is -4.34. The Hall–Kier alpha value is -0.830. The molecule has 0 aliphatic carbocycles. The van der Waals surface area contributed by atoms with E-state index < -0.39 is 32.2 Å². The largest absolute Gasteiger partial charge is 0.417 e. The standard InChI is InChI=1S/C14H21F3N2O2S.ClH/c1-10(2)8-13(3,9-18)19-22(20,21)12-7-5-4-6-11(12)14(15,16)17;/h4-7,10,19H,8-9,18H2,1-3H3;1H. The summed E-state index contributed by atoms with van der Waals surface area (Å²) in [6.45, 7) is 5.33. The molecule has 1 atom stereocenters. The molecule has 0 saturated heterocycles. The van der Waals surface area contributed by atoms with Crippen molar-refractivity contribution in [1.82, 2.24) is 4.72 Å². The molecule has 134 valence electrons. The van der Waals surface area contributed by atoms with Gasteiger partial charge in [0.2, 0.25) is 10.0 Å². The number of hydrogen-bond acceptors (Lipinski definition) is 3. The highest BCUT2D eigenvalue weighted by atomic mass is 35.5. The summed E-state index contributed by atoms with van der Waals surface area (Å²) in [5.41, 5.74) is 3.42. The molecular weight excluding hydrogens is 353 g/mol. The molecule has 0 aromatic heterocycles. The fraction of sp³-hybridized carbons (Fsp3) is 0.571. The fourth-order valence-corrected chi connectivity index (χ4v) is 4.04. The first-order valence-electron chi connectivity index (χ1n) is 6.81. The summed E-state index contributed by atoms with van der Waals surface area (Å²) < 4.78 is 66.1. The second-order valence-corrected chi connectivity index (χ2v) is 7.61. The first kappa shape index (κ1) is 22.2. The van der Waals surface area contributed by atoms with Gasteiger partial charge in [0.25, 0.3) is 0 Å². The molecule has 1 aromatic rings. The van der Waals surface area contributed by atoms with Gasteiger partial charge < -0.3 is 5.73 Å². The van der Waals surface area contributed by atoms with E-state index in [2.05, 4.69) is 4.72 Å². The van der Waals surface area contributed by atoms with Crippen molar-refractivity contribution < 1.29 is 21.6 Å². The van der Waals surface area contributed by atoms with E-state index in [0.717, 1.165) is 18.2 Å². The molecular formula is C14H22ClF3N2O2S. The van der Waals surface area contributed by atoms with E-state index in [-0.39, 0.29) is 24.9 Å². The van der Waals surface area contributed by atoms with Gasteiger partial charge in [0.05, 0.1) is 10.5 Å². The number of alkyl halides is 3. The average Bonchev–Trinajstić information content (AvgIpc) is 2.36. The molecule has 0 heterocycles. The van der Waals surface area contributed by atoms with Crippen LogP contribution in [-0.2, 0) is 16.2 Å². The van der Waals surface area contributed by atoms with Crippen molar-refractivity contribution in [2.45, 2.75) is 43.8 Å².